The van der Waals surface area contributed by atoms with Crippen LogP contribution in [0, 0.1) is 0 Å². The standard InChI is InChI=1S/C9H11N5O/c1-6(10)4-8-13-9(15-14-8)7-2-3-11-12-5-7/h2-3,5-6H,4,10H2,1H3. The molecule has 0 bridgehead atoms. The number of aromatic nitrogens is 4. The Morgan fingerprint density at radius 2 is 2.33 bits per heavy atom. The van der Waals surface area contributed by atoms with Gasteiger partial charge in [-0.05, 0) is 13.0 Å². The molecular weight excluding hydrogens is 194 g/mol. The summed E-state index contributed by atoms with van der Waals surface area (Å²) in [6.07, 6.45) is 3.75. The van der Waals surface area contributed by atoms with Gasteiger partial charge in [0.2, 0.25) is 0 Å². The lowest BCUT2D eigenvalue weighted by atomic mass is 10.2. The molecular formula is C9H11N5O. The van der Waals surface area contributed by atoms with Crippen molar-refractivity contribution < 1.29 is 4.52 Å². The summed E-state index contributed by atoms with van der Waals surface area (Å²) in [4.78, 5) is 4.20. The second-order valence-electron chi connectivity index (χ2n) is 3.33. The van der Waals surface area contributed by atoms with Crippen LogP contribution in [0.15, 0.2) is 23.0 Å². The van der Waals surface area contributed by atoms with E-state index in [4.69, 9.17) is 10.3 Å². The predicted molar refractivity (Wildman–Crippen MR) is 52.7 cm³/mol. The monoisotopic (exact) mass is 205 g/mol. The van der Waals surface area contributed by atoms with Gasteiger partial charge in [-0.3, -0.25) is 0 Å². The van der Waals surface area contributed by atoms with Crippen molar-refractivity contribution in [3.8, 4) is 11.5 Å². The minimum Gasteiger partial charge on any atom is -0.334 e. The molecule has 0 aliphatic rings. The van der Waals surface area contributed by atoms with Gasteiger partial charge in [-0.15, -0.1) is 0 Å². The highest BCUT2D eigenvalue weighted by atomic mass is 16.5. The molecule has 0 fully saturated rings. The van der Waals surface area contributed by atoms with Crippen LogP contribution in [0.25, 0.3) is 11.5 Å². The third-order valence-electron chi connectivity index (χ3n) is 1.80. The van der Waals surface area contributed by atoms with Crippen molar-refractivity contribution in [3.63, 3.8) is 0 Å². The number of nitrogens with zero attached hydrogens (tertiary/aromatic N) is 4. The molecule has 0 spiro atoms. The lowest BCUT2D eigenvalue weighted by Crippen LogP contribution is -2.18. The van der Waals surface area contributed by atoms with Crippen LogP contribution in [0.4, 0.5) is 0 Å². The number of nitrogens with two attached hydrogens (primary N) is 1. The van der Waals surface area contributed by atoms with E-state index < -0.39 is 0 Å². The van der Waals surface area contributed by atoms with E-state index >= 15 is 0 Å². The number of rotatable bonds is 3. The molecule has 6 nitrogen and oxygen atoms in total. The van der Waals surface area contributed by atoms with Crippen molar-refractivity contribution in [1.82, 2.24) is 20.3 Å². The highest BCUT2D eigenvalue weighted by Crippen LogP contribution is 2.14. The molecule has 0 radical (unpaired) electrons. The third kappa shape index (κ3) is 2.35. The van der Waals surface area contributed by atoms with Crippen molar-refractivity contribution in [1.29, 1.82) is 0 Å². The molecule has 1 unspecified atom stereocenters. The summed E-state index contributed by atoms with van der Waals surface area (Å²) in [5.41, 5.74) is 6.39. The summed E-state index contributed by atoms with van der Waals surface area (Å²) in [7, 11) is 0. The maximum absolute atomic E-state index is 5.63. The van der Waals surface area contributed by atoms with Crippen molar-refractivity contribution in [3.05, 3.63) is 24.3 Å². The predicted octanol–water partition coefficient (Wildman–Crippen LogP) is 0.416. The highest BCUT2D eigenvalue weighted by Gasteiger charge is 2.09. The van der Waals surface area contributed by atoms with Crippen LogP contribution in [0.5, 0.6) is 0 Å². The van der Waals surface area contributed by atoms with Crippen LogP contribution < -0.4 is 5.73 Å². The Morgan fingerprint density at radius 1 is 1.47 bits per heavy atom. The van der Waals surface area contributed by atoms with Gasteiger partial charge in [-0.25, -0.2) is 0 Å². The normalized spacial score (nSPS) is 12.7. The zero-order valence-electron chi connectivity index (χ0n) is 8.29. The third-order valence-corrected chi connectivity index (χ3v) is 1.80. The van der Waals surface area contributed by atoms with Gasteiger partial charge in [0.25, 0.3) is 5.89 Å². The maximum atomic E-state index is 5.63. The Labute approximate surface area is 86.5 Å². The summed E-state index contributed by atoms with van der Waals surface area (Å²) in [5.74, 6) is 1.05. The second kappa shape index (κ2) is 4.14. The van der Waals surface area contributed by atoms with Gasteiger partial charge in [0.1, 0.15) is 0 Å². The topological polar surface area (TPSA) is 90.7 Å². The molecule has 2 aromatic rings. The molecule has 0 amide bonds. The van der Waals surface area contributed by atoms with Crippen molar-refractivity contribution in [2.75, 3.05) is 0 Å². The zero-order valence-corrected chi connectivity index (χ0v) is 8.29. The first-order valence-electron chi connectivity index (χ1n) is 4.61. The fraction of sp³-hybridized carbons (Fsp3) is 0.333. The van der Waals surface area contributed by atoms with Crippen LogP contribution in [-0.2, 0) is 6.42 Å². The Balaban J connectivity index is 2.21. The van der Waals surface area contributed by atoms with Crippen molar-refractivity contribution in [2.24, 2.45) is 5.73 Å². The molecule has 1 atom stereocenters. The first-order chi connectivity index (χ1) is 7.25. The number of hydrogen-bond acceptors (Lipinski definition) is 6. The average molecular weight is 205 g/mol. The van der Waals surface area contributed by atoms with E-state index in [2.05, 4.69) is 20.3 Å². The molecule has 2 aromatic heterocycles. The summed E-state index contributed by atoms with van der Waals surface area (Å²) in [5, 5.41) is 11.2. The van der Waals surface area contributed by atoms with Crippen LogP contribution >= 0.6 is 0 Å². The van der Waals surface area contributed by atoms with Crippen LogP contribution in [-0.4, -0.2) is 26.4 Å². The summed E-state index contributed by atoms with van der Waals surface area (Å²) in [6, 6.07) is 1.78. The summed E-state index contributed by atoms with van der Waals surface area (Å²) < 4.78 is 5.07. The molecule has 6 heteroatoms. The molecule has 15 heavy (non-hydrogen) atoms. The smallest absolute Gasteiger partial charge is 0.259 e. The molecule has 0 aliphatic heterocycles. The van der Waals surface area contributed by atoms with Gasteiger partial charge in [-0.1, -0.05) is 5.16 Å². The minimum atomic E-state index is 0.0195. The molecule has 0 aliphatic carbocycles. The van der Waals surface area contributed by atoms with E-state index in [1.165, 1.54) is 0 Å². The van der Waals surface area contributed by atoms with E-state index in [0.717, 1.165) is 5.56 Å². The zero-order chi connectivity index (χ0) is 10.7. The van der Waals surface area contributed by atoms with Gasteiger partial charge in [0.15, 0.2) is 5.82 Å². The first kappa shape index (κ1) is 9.72. The van der Waals surface area contributed by atoms with Gasteiger partial charge >= 0.3 is 0 Å². The van der Waals surface area contributed by atoms with Gasteiger partial charge in [-0.2, -0.15) is 15.2 Å². The minimum absolute atomic E-state index is 0.0195. The van der Waals surface area contributed by atoms with Gasteiger partial charge in [0, 0.05) is 12.5 Å². The van der Waals surface area contributed by atoms with E-state index in [-0.39, 0.29) is 6.04 Å². The Bertz CT molecular complexity index is 425. The summed E-state index contributed by atoms with van der Waals surface area (Å²) >= 11 is 0. The molecule has 0 saturated carbocycles. The van der Waals surface area contributed by atoms with Crippen LogP contribution in [0.1, 0.15) is 12.7 Å². The SMILES string of the molecule is CC(N)Cc1noc(-c2ccnnc2)n1. The molecule has 2 heterocycles. The van der Waals surface area contributed by atoms with E-state index in [0.29, 0.717) is 18.1 Å². The van der Waals surface area contributed by atoms with Gasteiger partial charge < -0.3 is 10.3 Å². The van der Waals surface area contributed by atoms with E-state index in [1.807, 2.05) is 6.92 Å². The largest absolute Gasteiger partial charge is 0.334 e. The van der Waals surface area contributed by atoms with E-state index in [1.54, 1.807) is 18.5 Å². The molecule has 0 aromatic carbocycles. The van der Waals surface area contributed by atoms with Crippen molar-refractivity contribution in [2.45, 2.75) is 19.4 Å². The molecule has 78 valence electrons. The lowest BCUT2D eigenvalue weighted by molar-refractivity contribution is 0.420. The summed E-state index contributed by atoms with van der Waals surface area (Å²) in [6.45, 7) is 1.89. The molecule has 2 rings (SSSR count). The second-order valence-corrected chi connectivity index (χ2v) is 3.33. The lowest BCUT2D eigenvalue weighted by Gasteiger charge is -1.96. The Morgan fingerprint density at radius 3 is 3.00 bits per heavy atom. The average Bonchev–Trinajstić information content (AvgIpc) is 2.67. The molecule has 2 N–H and O–H groups in total. The fourth-order valence-electron chi connectivity index (χ4n) is 1.16. The van der Waals surface area contributed by atoms with Gasteiger partial charge in [0.05, 0.1) is 18.0 Å². The first-order valence-corrected chi connectivity index (χ1v) is 4.61. The molecule has 0 saturated heterocycles. The highest BCUT2D eigenvalue weighted by molar-refractivity contribution is 5.49. The van der Waals surface area contributed by atoms with Crippen LogP contribution in [0.2, 0.25) is 0 Å². The Kier molecular flexibility index (Phi) is 2.68. The fourth-order valence-corrected chi connectivity index (χ4v) is 1.16. The van der Waals surface area contributed by atoms with Crippen molar-refractivity contribution >= 4 is 0 Å². The Hall–Kier alpha value is -1.82. The number of hydrogen-bond donors (Lipinski definition) is 1. The van der Waals surface area contributed by atoms with Crippen LogP contribution in [0.3, 0.4) is 0 Å². The van der Waals surface area contributed by atoms with E-state index in [9.17, 15) is 0 Å². The quantitative estimate of drug-likeness (QED) is 0.780. The maximum Gasteiger partial charge on any atom is 0.259 e.